The van der Waals surface area contributed by atoms with Gasteiger partial charge in [-0.15, -0.1) is 0 Å². The maximum atomic E-state index is 9.95. The highest BCUT2D eigenvalue weighted by Gasteiger charge is 2.27. The highest BCUT2D eigenvalue weighted by Crippen LogP contribution is 2.24. The molecule has 2 aliphatic heterocycles. The van der Waals surface area contributed by atoms with Gasteiger partial charge in [0.1, 0.15) is 5.75 Å². The summed E-state index contributed by atoms with van der Waals surface area (Å²) in [4.78, 5) is 4.76. The van der Waals surface area contributed by atoms with Crippen LogP contribution in [0.5, 0.6) is 5.75 Å². The topological polar surface area (TPSA) is 65.4 Å². The molecule has 1 aromatic carbocycles. The summed E-state index contributed by atoms with van der Waals surface area (Å²) in [6.07, 6.45) is 2.53. The van der Waals surface area contributed by atoms with Crippen LogP contribution >= 0.6 is 0 Å². The fraction of sp³-hybridized carbons (Fsp3) is 0.714. The van der Waals surface area contributed by atoms with Crippen LogP contribution < -0.4 is 4.74 Å². The third kappa shape index (κ3) is 6.43. The Kier molecular flexibility index (Phi) is 8.35. The summed E-state index contributed by atoms with van der Waals surface area (Å²) in [5.41, 5.74) is 1.18. The molecule has 0 radical (unpaired) electrons. The number of rotatable bonds is 9. The van der Waals surface area contributed by atoms with Crippen LogP contribution in [0, 0.1) is 5.92 Å². The molecule has 2 heterocycles. The van der Waals surface area contributed by atoms with Gasteiger partial charge in [0.2, 0.25) is 0 Å². The van der Waals surface area contributed by atoms with E-state index in [9.17, 15) is 10.2 Å². The lowest BCUT2D eigenvalue weighted by Crippen LogP contribution is -2.44. The van der Waals surface area contributed by atoms with Crippen LogP contribution in [0.2, 0.25) is 0 Å². The Morgan fingerprint density at radius 3 is 2.70 bits per heavy atom. The van der Waals surface area contributed by atoms with Gasteiger partial charge in [0.05, 0.1) is 25.9 Å². The Hall–Kier alpha value is -1.18. The van der Waals surface area contributed by atoms with Crippen molar-refractivity contribution in [3.05, 3.63) is 29.8 Å². The van der Waals surface area contributed by atoms with Gasteiger partial charge >= 0.3 is 0 Å². The third-order valence-corrected chi connectivity index (χ3v) is 5.61. The van der Waals surface area contributed by atoms with Crippen molar-refractivity contribution in [3.8, 4) is 5.75 Å². The second-order valence-corrected chi connectivity index (χ2v) is 7.65. The fourth-order valence-electron chi connectivity index (χ4n) is 3.88. The van der Waals surface area contributed by atoms with E-state index < -0.39 is 0 Å². The average Bonchev–Trinajstić information content (AvgIpc) is 2.71. The Bertz CT molecular complexity index is 551. The van der Waals surface area contributed by atoms with Gasteiger partial charge in [-0.2, -0.15) is 0 Å². The number of ether oxygens (including phenoxy) is 2. The summed E-state index contributed by atoms with van der Waals surface area (Å²) < 4.78 is 11.5. The number of unbranched alkanes of at least 4 members (excludes halogenated alkanes) is 1. The van der Waals surface area contributed by atoms with Gasteiger partial charge in [0.25, 0.3) is 0 Å². The van der Waals surface area contributed by atoms with E-state index >= 15 is 0 Å². The molecular weight excluding hydrogens is 344 g/mol. The average molecular weight is 379 g/mol. The number of para-hydroxylation sites is 1. The van der Waals surface area contributed by atoms with E-state index in [1.54, 1.807) is 0 Å². The van der Waals surface area contributed by atoms with Crippen molar-refractivity contribution in [2.45, 2.75) is 31.9 Å². The Balaban J connectivity index is 1.42. The molecular formula is C21H34N2O4. The first-order valence-corrected chi connectivity index (χ1v) is 10.3. The van der Waals surface area contributed by atoms with E-state index in [-0.39, 0.29) is 18.6 Å². The minimum atomic E-state index is -0.385. The number of aliphatic hydroxyl groups excluding tert-OH is 2. The normalized spacial score (nSPS) is 24.8. The van der Waals surface area contributed by atoms with Crippen LogP contribution in [0.15, 0.2) is 24.3 Å². The van der Waals surface area contributed by atoms with E-state index in [4.69, 9.17) is 9.47 Å². The molecule has 27 heavy (non-hydrogen) atoms. The summed E-state index contributed by atoms with van der Waals surface area (Å²) in [7, 11) is 0. The second-order valence-electron chi connectivity index (χ2n) is 7.65. The van der Waals surface area contributed by atoms with Gasteiger partial charge in [-0.05, 0) is 31.9 Å². The molecule has 2 saturated heterocycles. The summed E-state index contributed by atoms with van der Waals surface area (Å²) in [6, 6.07) is 8.22. The van der Waals surface area contributed by atoms with Gasteiger partial charge in [0, 0.05) is 50.8 Å². The monoisotopic (exact) mass is 378 g/mol. The Labute approximate surface area is 162 Å². The number of hydrogen-bond acceptors (Lipinski definition) is 6. The van der Waals surface area contributed by atoms with E-state index in [1.807, 2.05) is 18.2 Å². The van der Waals surface area contributed by atoms with Crippen LogP contribution in [-0.4, -0.2) is 85.3 Å². The number of benzene rings is 1. The molecule has 0 aliphatic carbocycles. The molecule has 0 spiro atoms. The fourth-order valence-corrected chi connectivity index (χ4v) is 3.88. The smallest absolute Gasteiger partial charge is 0.123 e. The largest absolute Gasteiger partial charge is 0.493 e. The van der Waals surface area contributed by atoms with Crippen LogP contribution in [-0.2, 0) is 11.3 Å². The van der Waals surface area contributed by atoms with E-state index in [0.717, 1.165) is 84.1 Å². The number of piperidine rings is 1. The molecule has 2 fully saturated rings. The summed E-state index contributed by atoms with van der Waals surface area (Å²) in [5.74, 6) is 0.905. The molecule has 0 saturated carbocycles. The zero-order valence-corrected chi connectivity index (χ0v) is 16.3. The highest BCUT2D eigenvalue weighted by molar-refractivity contribution is 5.33. The van der Waals surface area contributed by atoms with Gasteiger partial charge in [-0.1, -0.05) is 18.2 Å². The summed E-state index contributed by atoms with van der Waals surface area (Å²) in [6.45, 7) is 8.07. The number of likely N-dealkylation sites (tertiary alicyclic amines) is 1. The quantitative estimate of drug-likeness (QED) is 0.633. The van der Waals surface area contributed by atoms with Crippen molar-refractivity contribution in [1.29, 1.82) is 0 Å². The lowest BCUT2D eigenvalue weighted by molar-refractivity contribution is -0.00220. The van der Waals surface area contributed by atoms with Crippen LogP contribution in [0.25, 0.3) is 0 Å². The molecule has 6 heteroatoms. The van der Waals surface area contributed by atoms with Crippen LogP contribution in [0.1, 0.15) is 24.8 Å². The first-order valence-electron chi connectivity index (χ1n) is 10.3. The van der Waals surface area contributed by atoms with E-state index in [2.05, 4.69) is 15.9 Å². The first-order chi connectivity index (χ1) is 13.3. The third-order valence-electron chi connectivity index (χ3n) is 5.61. The first kappa shape index (κ1) is 20.6. The van der Waals surface area contributed by atoms with Crippen molar-refractivity contribution >= 4 is 0 Å². The summed E-state index contributed by atoms with van der Waals surface area (Å²) >= 11 is 0. The lowest BCUT2D eigenvalue weighted by atomic mass is 9.95. The number of hydrogen-bond donors (Lipinski definition) is 2. The van der Waals surface area contributed by atoms with Crippen molar-refractivity contribution in [2.75, 3.05) is 59.2 Å². The molecule has 2 N–H and O–H groups in total. The maximum Gasteiger partial charge on any atom is 0.123 e. The van der Waals surface area contributed by atoms with Gasteiger partial charge in [-0.25, -0.2) is 0 Å². The minimum Gasteiger partial charge on any atom is -0.493 e. The Morgan fingerprint density at radius 2 is 1.89 bits per heavy atom. The van der Waals surface area contributed by atoms with Gasteiger partial charge in [-0.3, -0.25) is 9.80 Å². The predicted molar refractivity (Wildman–Crippen MR) is 105 cm³/mol. The molecule has 2 atom stereocenters. The second kappa shape index (κ2) is 11.0. The molecule has 1 aromatic rings. The van der Waals surface area contributed by atoms with E-state index in [1.165, 1.54) is 5.56 Å². The zero-order chi connectivity index (χ0) is 18.9. The maximum absolute atomic E-state index is 9.95. The minimum absolute atomic E-state index is 0.0406. The predicted octanol–water partition coefficient (Wildman–Crippen LogP) is 1.35. The molecule has 2 aliphatic rings. The number of morpholine rings is 1. The van der Waals surface area contributed by atoms with Gasteiger partial charge in [0.15, 0.2) is 0 Å². The number of nitrogens with zero attached hydrogens (tertiary/aromatic N) is 2. The molecule has 3 rings (SSSR count). The van der Waals surface area contributed by atoms with Crippen LogP contribution in [0.4, 0.5) is 0 Å². The van der Waals surface area contributed by atoms with Gasteiger partial charge < -0.3 is 19.7 Å². The molecule has 0 amide bonds. The summed E-state index contributed by atoms with van der Waals surface area (Å²) in [5, 5.41) is 19.4. The number of aliphatic hydroxyl groups is 2. The standard InChI is InChI=1S/C21H34N2O4/c24-17-19-16-23(9-7-20(19)25)15-18-5-1-2-6-21(18)27-12-4-3-8-22-10-13-26-14-11-22/h1-2,5-6,19-20,24-25H,3-4,7-17H2/t19-,20-/m0/s1. The zero-order valence-electron chi connectivity index (χ0n) is 16.3. The molecule has 152 valence electrons. The van der Waals surface area contributed by atoms with Crippen molar-refractivity contribution in [1.82, 2.24) is 9.80 Å². The van der Waals surface area contributed by atoms with Crippen molar-refractivity contribution < 1.29 is 19.7 Å². The molecule has 0 unspecified atom stereocenters. The van der Waals surface area contributed by atoms with Crippen molar-refractivity contribution in [3.63, 3.8) is 0 Å². The van der Waals surface area contributed by atoms with Crippen molar-refractivity contribution in [2.24, 2.45) is 5.92 Å². The molecule has 0 aromatic heterocycles. The van der Waals surface area contributed by atoms with Crippen LogP contribution in [0.3, 0.4) is 0 Å². The van der Waals surface area contributed by atoms with E-state index in [0.29, 0.717) is 0 Å². The Morgan fingerprint density at radius 1 is 1.07 bits per heavy atom. The SMILES string of the molecule is OC[C@@H]1CN(Cc2ccccc2OCCCCN2CCOCC2)CC[C@@H]1O. The highest BCUT2D eigenvalue weighted by atomic mass is 16.5. The molecule has 6 nitrogen and oxygen atoms in total. The molecule has 0 bridgehead atoms. The lowest BCUT2D eigenvalue weighted by Gasteiger charge is -2.35.